The van der Waals surface area contributed by atoms with Crippen molar-refractivity contribution in [3.63, 3.8) is 0 Å². The first-order chi connectivity index (χ1) is 14.1. The average Bonchev–Trinajstić information content (AvgIpc) is 3.15. The van der Waals surface area contributed by atoms with Crippen LogP contribution in [0.5, 0.6) is 17.2 Å². The maximum absolute atomic E-state index is 12.2. The summed E-state index contributed by atoms with van der Waals surface area (Å²) in [5, 5.41) is 19.8. The van der Waals surface area contributed by atoms with E-state index in [4.69, 9.17) is 14.6 Å². The Balaban J connectivity index is 1.46. The molecule has 150 valence electrons. The Bertz CT molecular complexity index is 941. The lowest BCUT2D eigenvalue weighted by Gasteiger charge is -2.08. The van der Waals surface area contributed by atoms with Crippen molar-refractivity contribution >= 4 is 11.8 Å². The Labute approximate surface area is 166 Å². The van der Waals surface area contributed by atoms with Gasteiger partial charge >= 0.3 is 5.97 Å². The van der Waals surface area contributed by atoms with Crippen LogP contribution in [0.2, 0.25) is 0 Å². The summed E-state index contributed by atoms with van der Waals surface area (Å²) >= 11 is 0. The number of aryl methyl sites for hydroxylation is 1. The minimum atomic E-state index is -0.881. The van der Waals surface area contributed by atoms with Crippen molar-refractivity contribution in [1.82, 2.24) is 20.2 Å². The standard InChI is InChI=1S/C20H20N4O5/c25-15(13-24-19(21-22-23-24)7-4-8-20(26)27)14-28-16-9-11-18(12-10-16)29-17-5-2-1-3-6-17/h1-3,5-6,9-12H,4,7-8,13-14H2,(H,26,27). The summed E-state index contributed by atoms with van der Waals surface area (Å²) < 4.78 is 12.6. The normalized spacial score (nSPS) is 10.5. The molecule has 3 rings (SSSR count). The first-order valence-corrected chi connectivity index (χ1v) is 9.04. The molecular formula is C20H20N4O5. The third-order valence-electron chi connectivity index (χ3n) is 3.93. The second-order valence-electron chi connectivity index (χ2n) is 6.21. The Morgan fingerprint density at radius 1 is 0.966 bits per heavy atom. The van der Waals surface area contributed by atoms with Crippen molar-refractivity contribution in [3.05, 3.63) is 60.4 Å². The lowest BCUT2D eigenvalue weighted by Crippen LogP contribution is -2.20. The number of hydrogen-bond donors (Lipinski definition) is 1. The molecule has 0 atom stereocenters. The van der Waals surface area contributed by atoms with Crippen LogP contribution in [0.25, 0.3) is 0 Å². The zero-order valence-corrected chi connectivity index (χ0v) is 15.6. The number of benzene rings is 2. The molecule has 0 spiro atoms. The van der Waals surface area contributed by atoms with E-state index in [1.165, 1.54) is 4.68 Å². The van der Waals surface area contributed by atoms with E-state index in [0.29, 0.717) is 30.2 Å². The lowest BCUT2D eigenvalue weighted by molar-refractivity contribution is -0.137. The molecule has 0 saturated heterocycles. The molecule has 9 nitrogen and oxygen atoms in total. The number of aliphatic carboxylic acids is 1. The minimum Gasteiger partial charge on any atom is -0.486 e. The Hall–Kier alpha value is -3.75. The molecule has 9 heteroatoms. The maximum atomic E-state index is 12.2. The third-order valence-corrected chi connectivity index (χ3v) is 3.93. The van der Waals surface area contributed by atoms with Crippen LogP contribution in [0.15, 0.2) is 54.6 Å². The summed E-state index contributed by atoms with van der Waals surface area (Å²) in [5.74, 6) is 1.32. The van der Waals surface area contributed by atoms with Gasteiger partial charge in [0, 0.05) is 12.8 Å². The second kappa shape index (κ2) is 9.98. The quantitative estimate of drug-likeness (QED) is 0.525. The number of carbonyl (C=O) groups is 2. The first kappa shape index (κ1) is 20.0. The predicted octanol–water partition coefficient (Wildman–Crippen LogP) is 2.52. The molecule has 0 unspecified atom stereocenters. The minimum absolute atomic E-state index is 0.0217. The summed E-state index contributed by atoms with van der Waals surface area (Å²) in [4.78, 5) is 22.8. The maximum Gasteiger partial charge on any atom is 0.303 e. The van der Waals surface area contributed by atoms with Gasteiger partial charge in [-0.15, -0.1) is 5.10 Å². The summed E-state index contributed by atoms with van der Waals surface area (Å²) in [7, 11) is 0. The number of ether oxygens (including phenoxy) is 2. The van der Waals surface area contributed by atoms with Crippen LogP contribution in [0.1, 0.15) is 18.7 Å². The monoisotopic (exact) mass is 396 g/mol. The number of aromatic nitrogens is 4. The third kappa shape index (κ3) is 6.42. The second-order valence-corrected chi connectivity index (χ2v) is 6.21. The summed E-state index contributed by atoms with van der Waals surface area (Å²) in [5.41, 5.74) is 0. The van der Waals surface area contributed by atoms with Crippen LogP contribution in [-0.2, 0) is 22.6 Å². The molecule has 1 N–H and O–H groups in total. The number of rotatable bonds is 11. The van der Waals surface area contributed by atoms with Crippen molar-refractivity contribution in [1.29, 1.82) is 0 Å². The smallest absolute Gasteiger partial charge is 0.303 e. The van der Waals surface area contributed by atoms with Crippen molar-refractivity contribution in [2.24, 2.45) is 0 Å². The lowest BCUT2D eigenvalue weighted by atomic mass is 10.2. The molecule has 2 aromatic carbocycles. The van der Waals surface area contributed by atoms with Gasteiger partial charge in [-0.25, -0.2) is 4.68 Å². The molecule has 1 aromatic heterocycles. The number of hydrogen-bond acceptors (Lipinski definition) is 7. The number of Topliss-reactive ketones (excluding diaryl/α,β-unsaturated/α-hetero) is 1. The molecule has 0 fully saturated rings. The van der Waals surface area contributed by atoms with Gasteiger partial charge in [-0.05, 0) is 53.2 Å². The van der Waals surface area contributed by atoms with E-state index >= 15 is 0 Å². The van der Waals surface area contributed by atoms with Crippen LogP contribution in [0, 0.1) is 0 Å². The number of carboxylic acids is 1. The number of para-hydroxylation sites is 1. The number of tetrazole rings is 1. The number of ketones is 1. The predicted molar refractivity (Wildman–Crippen MR) is 102 cm³/mol. The van der Waals surface area contributed by atoms with E-state index in [2.05, 4.69) is 15.5 Å². The van der Waals surface area contributed by atoms with E-state index in [0.717, 1.165) is 5.75 Å². The number of carbonyl (C=O) groups excluding carboxylic acids is 1. The van der Waals surface area contributed by atoms with Crippen LogP contribution in [0.3, 0.4) is 0 Å². The van der Waals surface area contributed by atoms with Gasteiger partial charge in [0.05, 0.1) is 0 Å². The highest BCUT2D eigenvalue weighted by molar-refractivity contribution is 5.79. The van der Waals surface area contributed by atoms with Crippen molar-refractivity contribution in [3.8, 4) is 17.2 Å². The van der Waals surface area contributed by atoms with Gasteiger partial charge in [-0.1, -0.05) is 18.2 Å². The van der Waals surface area contributed by atoms with Gasteiger partial charge in [-0.3, -0.25) is 9.59 Å². The Morgan fingerprint density at radius 3 is 2.38 bits per heavy atom. The molecule has 29 heavy (non-hydrogen) atoms. The number of nitrogens with zero attached hydrogens (tertiary/aromatic N) is 4. The molecule has 0 amide bonds. The van der Waals surface area contributed by atoms with E-state index in [9.17, 15) is 9.59 Å². The molecule has 3 aromatic rings. The average molecular weight is 396 g/mol. The highest BCUT2D eigenvalue weighted by atomic mass is 16.5. The summed E-state index contributed by atoms with van der Waals surface area (Å²) in [6.45, 7) is -0.169. The van der Waals surface area contributed by atoms with Gasteiger partial charge in [0.25, 0.3) is 0 Å². The molecule has 1 heterocycles. The van der Waals surface area contributed by atoms with Crippen molar-refractivity contribution in [2.45, 2.75) is 25.8 Å². The van der Waals surface area contributed by atoms with Crippen LogP contribution < -0.4 is 9.47 Å². The summed E-state index contributed by atoms with van der Waals surface area (Å²) in [6.07, 6.45) is 0.808. The first-order valence-electron chi connectivity index (χ1n) is 9.04. The van der Waals surface area contributed by atoms with E-state index in [1.54, 1.807) is 24.3 Å². The zero-order valence-electron chi connectivity index (χ0n) is 15.6. The van der Waals surface area contributed by atoms with E-state index in [1.807, 2.05) is 30.3 Å². The fourth-order valence-electron chi connectivity index (χ4n) is 2.53. The largest absolute Gasteiger partial charge is 0.486 e. The van der Waals surface area contributed by atoms with Gasteiger partial charge in [0.1, 0.15) is 30.4 Å². The zero-order chi connectivity index (χ0) is 20.5. The molecule has 0 bridgehead atoms. The van der Waals surface area contributed by atoms with E-state index < -0.39 is 5.97 Å². The molecule has 0 aliphatic heterocycles. The van der Waals surface area contributed by atoms with Gasteiger partial charge < -0.3 is 14.6 Å². The fraction of sp³-hybridized carbons (Fsp3) is 0.250. The molecule has 0 aliphatic rings. The number of carboxylic acid groups (broad SMARTS) is 1. The van der Waals surface area contributed by atoms with Gasteiger partial charge in [0.15, 0.2) is 11.6 Å². The molecule has 0 saturated carbocycles. The van der Waals surface area contributed by atoms with Crippen LogP contribution >= 0.6 is 0 Å². The highest BCUT2D eigenvalue weighted by Gasteiger charge is 2.12. The van der Waals surface area contributed by atoms with Crippen LogP contribution in [-0.4, -0.2) is 43.7 Å². The molecular weight excluding hydrogens is 376 g/mol. The fourth-order valence-corrected chi connectivity index (χ4v) is 2.53. The van der Waals surface area contributed by atoms with E-state index in [-0.39, 0.29) is 25.4 Å². The topological polar surface area (TPSA) is 116 Å². The van der Waals surface area contributed by atoms with Gasteiger partial charge in [-0.2, -0.15) is 0 Å². The molecule has 0 radical (unpaired) electrons. The SMILES string of the molecule is O=C(O)CCCc1nnnn1CC(=O)COc1ccc(Oc2ccccc2)cc1. The molecule has 0 aliphatic carbocycles. The van der Waals surface area contributed by atoms with Gasteiger partial charge in [0.2, 0.25) is 0 Å². The van der Waals surface area contributed by atoms with Crippen molar-refractivity contribution < 1.29 is 24.2 Å². The van der Waals surface area contributed by atoms with Crippen LogP contribution in [0.4, 0.5) is 0 Å². The highest BCUT2D eigenvalue weighted by Crippen LogP contribution is 2.23. The van der Waals surface area contributed by atoms with Crippen molar-refractivity contribution in [2.75, 3.05) is 6.61 Å². The Morgan fingerprint density at radius 2 is 1.66 bits per heavy atom. The Kier molecular flexibility index (Phi) is 6.88. The summed E-state index contributed by atoms with van der Waals surface area (Å²) in [6, 6.07) is 16.4.